The SMILES string of the molecule is CCCCC(=O)O.O=S(=O)(O)c1ccccc1. The second-order valence-corrected chi connectivity index (χ2v) is 4.71. The molecule has 6 heteroatoms. The van der Waals surface area contributed by atoms with Gasteiger partial charge in [-0.3, -0.25) is 9.35 Å². The Kier molecular flexibility index (Phi) is 7.16. The topological polar surface area (TPSA) is 91.7 Å². The van der Waals surface area contributed by atoms with Gasteiger partial charge < -0.3 is 5.11 Å². The molecule has 0 atom stereocenters. The van der Waals surface area contributed by atoms with Crippen LogP contribution in [-0.4, -0.2) is 24.0 Å². The minimum absolute atomic E-state index is 0.0741. The lowest BCUT2D eigenvalue weighted by Gasteiger charge is -1.92. The largest absolute Gasteiger partial charge is 0.481 e. The number of unbranched alkanes of at least 4 members (excludes halogenated alkanes) is 1. The molecular formula is C11H16O5S. The number of hydrogen-bond donors (Lipinski definition) is 2. The second-order valence-electron chi connectivity index (χ2n) is 3.29. The van der Waals surface area contributed by atoms with Crippen LogP contribution in [0.3, 0.4) is 0 Å². The highest BCUT2D eigenvalue weighted by molar-refractivity contribution is 7.85. The molecular weight excluding hydrogens is 244 g/mol. The smallest absolute Gasteiger partial charge is 0.303 e. The summed E-state index contributed by atoms with van der Waals surface area (Å²) in [6, 6.07) is 7.42. The van der Waals surface area contributed by atoms with E-state index in [1.807, 2.05) is 6.92 Å². The second kappa shape index (κ2) is 7.81. The third kappa shape index (κ3) is 8.41. The van der Waals surface area contributed by atoms with Crippen LogP contribution in [0.5, 0.6) is 0 Å². The fourth-order valence-electron chi connectivity index (χ4n) is 0.920. The van der Waals surface area contributed by atoms with E-state index in [0.29, 0.717) is 6.42 Å². The summed E-state index contributed by atoms with van der Waals surface area (Å²) in [5, 5.41) is 8.04. The van der Waals surface area contributed by atoms with Crippen LogP contribution in [0.2, 0.25) is 0 Å². The van der Waals surface area contributed by atoms with Gasteiger partial charge in [0.25, 0.3) is 10.1 Å². The lowest BCUT2D eigenvalue weighted by molar-refractivity contribution is -0.137. The van der Waals surface area contributed by atoms with Gasteiger partial charge in [-0.25, -0.2) is 0 Å². The lowest BCUT2D eigenvalue weighted by atomic mass is 10.3. The Morgan fingerprint density at radius 3 is 2.00 bits per heavy atom. The summed E-state index contributed by atoms with van der Waals surface area (Å²) in [6.45, 7) is 1.98. The van der Waals surface area contributed by atoms with Crippen molar-refractivity contribution in [2.45, 2.75) is 31.1 Å². The Morgan fingerprint density at radius 2 is 1.76 bits per heavy atom. The van der Waals surface area contributed by atoms with E-state index in [9.17, 15) is 13.2 Å². The van der Waals surface area contributed by atoms with Crippen LogP contribution in [0.25, 0.3) is 0 Å². The fraction of sp³-hybridized carbons (Fsp3) is 0.364. The van der Waals surface area contributed by atoms with Crippen molar-refractivity contribution in [3.63, 3.8) is 0 Å². The first-order valence-electron chi connectivity index (χ1n) is 5.12. The number of carboxylic acid groups (broad SMARTS) is 1. The van der Waals surface area contributed by atoms with Crippen molar-refractivity contribution in [1.82, 2.24) is 0 Å². The van der Waals surface area contributed by atoms with E-state index in [0.717, 1.165) is 12.8 Å². The number of carbonyl (C=O) groups is 1. The third-order valence-corrected chi connectivity index (χ3v) is 2.65. The van der Waals surface area contributed by atoms with Gasteiger partial charge in [-0.05, 0) is 18.6 Å². The first-order chi connectivity index (χ1) is 7.88. The highest BCUT2D eigenvalue weighted by Gasteiger charge is 2.05. The number of carboxylic acids is 1. The summed E-state index contributed by atoms with van der Waals surface area (Å²) in [6.07, 6.45) is 2.08. The minimum Gasteiger partial charge on any atom is -0.481 e. The summed E-state index contributed by atoms with van der Waals surface area (Å²) in [4.78, 5) is 9.68. The zero-order chi connectivity index (χ0) is 13.3. The van der Waals surface area contributed by atoms with E-state index in [2.05, 4.69) is 0 Å². The fourth-order valence-corrected chi connectivity index (χ4v) is 1.42. The summed E-state index contributed by atoms with van der Waals surface area (Å²) in [5.41, 5.74) is 0. The molecule has 0 fully saturated rings. The standard InChI is InChI=1S/C6H6O3S.C5H10O2/c7-10(8,9)6-4-2-1-3-5-6;1-2-3-4-5(6)7/h1-5H,(H,7,8,9);2-4H2,1H3,(H,6,7). The molecule has 0 saturated heterocycles. The van der Waals surface area contributed by atoms with Gasteiger partial charge in [-0.1, -0.05) is 31.5 Å². The van der Waals surface area contributed by atoms with E-state index >= 15 is 0 Å². The normalized spacial score (nSPS) is 10.2. The maximum absolute atomic E-state index is 10.4. The highest BCUT2D eigenvalue weighted by atomic mass is 32.2. The molecule has 5 nitrogen and oxygen atoms in total. The Balaban J connectivity index is 0.000000325. The number of hydrogen-bond acceptors (Lipinski definition) is 3. The Bertz CT molecular complexity index is 424. The third-order valence-electron chi connectivity index (χ3n) is 1.79. The van der Waals surface area contributed by atoms with Crippen molar-refractivity contribution in [3.8, 4) is 0 Å². The molecule has 96 valence electrons. The van der Waals surface area contributed by atoms with Gasteiger partial charge >= 0.3 is 5.97 Å². The average molecular weight is 260 g/mol. The van der Waals surface area contributed by atoms with Gasteiger partial charge in [0.05, 0.1) is 4.90 Å². The maximum Gasteiger partial charge on any atom is 0.303 e. The predicted molar refractivity (Wildman–Crippen MR) is 63.4 cm³/mol. The van der Waals surface area contributed by atoms with Crippen molar-refractivity contribution in [2.24, 2.45) is 0 Å². The molecule has 17 heavy (non-hydrogen) atoms. The zero-order valence-corrected chi connectivity index (χ0v) is 10.4. The molecule has 0 amide bonds. The summed E-state index contributed by atoms with van der Waals surface area (Å²) in [5.74, 6) is -0.693. The molecule has 0 bridgehead atoms. The Morgan fingerprint density at radius 1 is 1.24 bits per heavy atom. The summed E-state index contributed by atoms with van der Waals surface area (Å²) in [7, 11) is -4.00. The summed E-state index contributed by atoms with van der Waals surface area (Å²) < 4.78 is 29.2. The van der Waals surface area contributed by atoms with Crippen molar-refractivity contribution in [3.05, 3.63) is 30.3 Å². The zero-order valence-electron chi connectivity index (χ0n) is 9.54. The van der Waals surface area contributed by atoms with Crippen molar-refractivity contribution >= 4 is 16.1 Å². The lowest BCUT2D eigenvalue weighted by Crippen LogP contribution is -1.96. The predicted octanol–water partition coefficient (Wildman–Crippen LogP) is 2.19. The molecule has 1 rings (SSSR count). The molecule has 1 aromatic carbocycles. The highest BCUT2D eigenvalue weighted by Crippen LogP contribution is 2.05. The molecule has 0 unspecified atom stereocenters. The first kappa shape index (κ1) is 15.6. The van der Waals surface area contributed by atoms with Crippen LogP contribution in [0.15, 0.2) is 35.2 Å². The van der Waals surface area contributed by atoms with Gasteiger partial charge in [-0.15, -0.1) is 0 Å². The van der Waals surface area contributed by atoms with Crippen molar-refractivity contribution in [2.75, 3.05) is 0 Å². The van der Waals surface area contributed by atoms with Gasteiger partial charge in [0.2, 0.25) is 0 Å². The van der Waals surface area contributed by atoms with Crippen LogP contribution in [0, 0.1) is 0 Å². The maximum atomic E-state index is 10.4. The molecule has 2 N–H and O–H groups in total. The minimum atomic E-state index is -4.00. The number of benzene rings is 1. The van der Waals surface area contributed by atoms with E-state index in [4.69, 9.17) is 9.66 Å². The van der Waals surface area contributed by atoms with Crippen LogP contribution in [-0.2, 0) is 14.9 Å². The van der Waals surface area contributed by atoms with E-state index in [1.54, 1.807) is 18.2 Å². The van der Waals surface area contributed by atoms with Crippen molar-refractivity contribution < 1.29 is 22.9 Å². The number of rotatable bonds is 4. The van der Waals surface area contributed by atoms with Gasteiger partial charge in [0.1, 0.15) is 0 Å². The van der Waals surface area contributed by atoms with E-state index in [1.165, 1.54) is 12.1 Å². The Labute approximate surface area is 101 Å². The Hall–Kier alpha value is -1.40. The molecule has 0 heterocycles. The molecule has 1 aromatic rings. The van der Waals surface area contributed by atoms with Crippen LogP contribution in [0.4, 0.5) is 0 Å². The van der Waals surface area contributed by atoms with Gasteiger partial charge in [-0.2, -0.15) is 8.42 Å². The molecule has 0 aliphatic carbocycles. The molecule has 0 aromatic heterocycles. The number of aliphatic carboxylic acids is 1. The molecule has 0 radical (unpaired) electrons. The van der Waals surface area contributed by atoms with E-state index in [-0.39, 0.29) is 4.90 Å². The average Bonchev–Trinajstić information content (AvgIpc) is 2.27. The molecule has 0 aliphatic heterocycles. The summed E-state index contributed by atoms with van der Waals surface area (Å²) >= 11 is 0. The van der Waals surface area contributed by atoms with Crippen LogP contribution >= 0.6 is 0 Å². The molecule has 0 saturated carbocycles. The van der Waals surface area contributed by atoms with Crippen molar-refractivity contribution in [1.29, 1.82) is 0 Å². The quantitative estimate of drug-likeness (QED) is 0.810. The van der Waals surface area contributed by atoms with Crippen LogP contribution < -0.4 is 0 Å². The van der Waals surface area contributed by atoms with Gasteiger partial charge in [0.15, 0.2) is 0 Å². The van der Waals surface area contributed by atoms with Gasteiger partial charge in [0, 0.05) is 6.42 Å². The molecule has 0 aliphatic rings. The molecule has 0 spiro atoms. The first-order valence-corrected chi connectivity index (χ1v) is 6.56. The van der Waals surface area contributed by atoms with E-state index < -0.39 is 16.1 Å². The van der Waals surface area contributed by atoms with Crippen LogP contribution in [0.1, 0.15) is 26.2 Å². The monoisotopic (exact) mass is 260 g/mol.